The lowest BCUT2D eigenvalue weighted by molar-refractivity contribution is 0.582. The van der Waals surface area contributed by atoms with Crippen LogP contribution < -0.4 is 10.2 Å². The zero-order valence-electron chi connectivity index (χ0n) is 9.50. The van der Waals surface area contributed by atoms with Crippen LogP contribution in [0.1, 0.15) is 13.8 Å². The number of hydrogen-bond donors (Lipinski definition) is 1. The number of benzene rings is 1. The highest BCUT2D eigenvalue weighted by Gasteiger charge is 2.08. The smallest absolute Gasteiger partial charge is 0.149 e. The van der Waals surface area contributed by atoms with Gasteiger partial charge in [0.1, 0.15) is 11.6 Å². The van der Waals surface area contributed by atoms with E-state index in [0.29, 0.717) is 12.2 Å². The molecule has 0 bridgehead atoms. The Labute approximate surface area is 94.6 Å². The van der Waals surface area contributed by atoms with E-state index in [4.69, 9.17) is 0 Å². The fraction of sp³-hybridized carbons (Fsp3) is 0.333. The van der Waals surface area contributed by atoms with Crippen LogP contribution in [0.2, 0.25) is 0 Å². The number of nitrogens with one attached hydrogen (secondary N) is 1. The zero-order chi connectivity index (χ0) is 12.0. The van der Waals surface area contributed by atoms with Crippen LogP contribution >= 0.6 is 0 Å². The highest BCUT2D eigenvalue weighted by Crippen LogP contribution is 2.20. The zero-order valence-corrected chi connectivity index (χ0v) is 9.50. The van der Waals surface area contributed by atoms with Crippen molar-refractivity contribution in [3.8, 4) is 0 Å². The summed E-state index contributed by atoms with van der Waals surface area (Å²) in [6, 6.07) is 3.58. The first-order valence-electron chi connectivity index (χ1n) is 5.30. The van der Waals surface area contributed by atoms with E-state index in [1.165, 1.54) is 12.1 Å². The van der Waals surface area contributed by atoms with E-state index in [1.54, 1.807) is 17.3 Å². The minimum atomic E-state index is -0.562. The Morgan fingerprint density at radius 2 is 2.06 bits per heavy atom. The summed E-state index contributed by atoms with van der Waals surface area (Å²) in [5.41, 5.74) is 0.373. The summed E-state index contributed by atoms with van der Waals surface area (Å²) in [5, 5.41) is 2.99. The van der Waals surface area contributed by atoms with Gasteiger partial charge in [0.05, 0.1) is 5.69 Å². The molecule has 0 spiro atoms. The second-order valence-electron chi connectivity index (χ2n) is 3.26. The van der Waals surface area contributed by atoms with Crippen molar-refractivity contribution in [3.05, 3.63) is 42.2 Å². The highest BCUT2D eigenvalue weighted by molar-refractivity contribution is 5.50. The van der Waals surface area contributed by atoms with Crippen molar-refractivity contribution in [2.24, 2.45) is 0 Å². The maximum Gasteiger partial charge on any atom is 0.149 e. The van der Waals surface area contributed by atoms with E-state index in [0.717, 1.165) is 12.6 Å². The Balaban J connectivity index is 2.86. The van der Waals surface area contributed by atoms with E-state index in [9.17, 15) is 8.78 Å². The molecule has 0 saturated carbocycles. The predicted octanol–water partition coefficient (Wildman–Crippen LogP) is 2.87. The Morgan fingerprint density at radius 1 is 1.31 bits per heavy atom. The molecule has 0 fully saturated rings. The standard InChI is InChI=1S/C12H16F2N2/c1-3-15-7-8-16(4-2)12-6-5-10(13)9-11(12)14/h5-9,15H,3-4H2,1-2H3/b8-7-. The molecule has 0 aliphatic heterocycles. The van der Waals surface area contributed by atoms with E-state index in [-0.39, 0.29) is 0 Å². The van der Waals surface area contributed by atoms with Crippen LogP contribution in [0.15, 0.2) is 30.6 Å². The fourth-order valence-electron chi connectivity index (χ4n) is 1.33. The van der Waals surface area contributed by atoms with Crippen molar-refractivity contribution in [1.29, 1.82) is 0 Å². The van der Waals surface area contributed by atoms with Crippen molar-refractivity contribution < 1.29 is 8.78 Å². The third-order valence-corrected chi connectivity index (χ3v) is 2.14. The molecule has 2 nitrogen and oxygen atoms in total. The monoisotopic (exact) mass is 226 g/mol. The Hall–Kier alpha value is -1.58. The average molecular weight is 226 g/mol. The van der Waals surface area contributed by atoms with Gasteiger partial charge in [-0.05, 0) is 26.0 Å². The third kappa shape index (κ3) is 3.22. The van der Waals surface area contributed by atoms with Crippen LogP contribution in [-0.2, 0) is 0 Å². The summed E-state index contributed by atoms with van der Waals surface area (Å²) in [5.74, 6) is -1.11. The molecule has 0 aliphatic carbocycles. The van der Waals surface area contributed by atoms with Crippen LogP contribution in [0, 0.1) is 11.6 Å². The number of nitrogens with zero attached hydrogens (tertiary/aromatic N) is 1. The normalized spacial score (nSPS) is 10.8. The minimum Gasteiger partial charge on any atom is -0.390 e. The van der Waals surface area contributed by atoms with Crippen molar-refractivity contribution >= 4 is 5.69 Å². The number of anilines is 1. The lowest BCUT2D eigenvalue weighted by atomic mass is 10.2. The maximum absolute atomic E-state index is 13.5. The summed E-state index contributed by atoms with van der Waals surface area (Å²) >= 11 is 0. The van der Waals surface area contributed by atoms with E-state index in [2.05, 4.69) is 5.32 Å². The quantitative estimate of drug-likeness (QED) is 0.830. The van der Waals surface area contributed by atoms with Gasteiger partial charge in [0.25, 0.3) is 0 Å². The molecule has 88 valence electrons. The summed E-state index contributed by atoms with van der Waals surface area (Å²) in [6.45, 7) is 5.29. The van der Waals surface area contributed by atoms with Crippen LogP contribution in [0.25, 0.3) is 0 Å². The van der Waals surface area contributed by atoms with E-state index < -0.39 is 11.6 Å². The van der Waals surface area contributed by atoms with Crippen LogP contribution in [0.3, 0.4) is 0 Å². The van der Waals surface area contributed by atoms with Gasteiger partial charge in [-0.3, -0.25) is 0 Å². The minimum absolute atomic E-state index is 0.373. The van der Waals surface area contributed by atoms with Gasteiger partial charge in [-0.2, -0.15) is 0 Å². The van der Waals surface area contributed by atoms with Gasteiger partial charge < -0.3 is 10.2 Å². The van der Waals surface area contributed by atoms with Gasteiger partial charge in [-0.15, -0.1) is 0 Å². The molecular weight excluding hydrogens is 210 g/mol. The van der Waals surface area contributed by atoms with Crippen molar-refractivity contribution in [2.45, 2.75) is 13.8 Å². The van der Waals surface area contributed by atoms with Gasteiger partial charge in [-0.25, -0.2) is 8.78 Å². The molecule has 0 aliphatic rings. The summed E-state index contributed by atoms with van der Waals surface area (Å²) in [6.07, 6.45) is 3.48. The van der Waals surface area contributed by atoms with Crippen molar-refractivity contribution in [3.63, 3.8) is 0 Å². The Morgan fingerprint density at radius 3 is 2.62 bits per heavy atom. The maximum atomic E-state index is 13.5. The average Bonchev–Trinajstić information content (AvgIpc) is 2.26. The van der Waals surface area contributed by atoms with Gasteiger partial charge >= 0.3 is 0 Å². The second-order valence-corrected chi connectivity index (χ2v) is 3.26. The molecule has 4 heteroatoms. The van der Waals surface area contributed by atoms with E-state index in [1.807, 2.05) is 13.8 Å². The molecule has 0 radical (unpaired) electrons. The van der Waals surface area contributed by atoms with Crippen LogP contribution in [-0.4, -0.2) is 13.1 Å². The molecule has 0 aromatic heterocycles. The molecular formula is C12H16F2N2. The Kier molecular flexibility index (Phi) is 4.76. The van der Waals surface area contributed by atoms with Crippen molar-refractivity contribution in [1.82, 2.24) is 5.32 Å². The summed E-state index contributed by atoms with van der Waals surface area (Å²) in [7, 11) is 0. The first-order valence-corrected chi connectivity index (χ1v) is 5.30. The number of rotatable bonds is 5. The van der Waals surface area contributed by atoms with Gasteiger partial charge in [0.15, 0.2) is 0 Å². The number of halogens is 2. The molecule has 1 aromatic carbocycles. The topological polar surface area (TPSA) is 15.3 Å². The molecule has 0 saturated heterocycles. The van der Waals surface area contributed by atoms with Crippen LogP contribution in [0.5, 0.6) is 0 Å². The third-order valence-electron chi connectivity index (χ3n) is 2.14. The second kappa shape index (κ2) is 6.10. The molecule has 0 amide bonds. The SMILES string of the molecule is CCN/C=C\N(CC)c1ccc(F)cc1F. The van der Waals surface area contributed by atoms with E-state index >= 15 is 0 Å². The summed E-state index contributed by atoms with van der Waals surface area (Å²) in [4.78, 5) is 1.71. The lowest BCUT2D eigenvalue weighted by Gasteiger charge is -2.18. The molecule has 1 aromatic rings. The molecule has 1 rings (SSSR count). The molecule has 16 heavy (non-hydrogen) atoms. The lowest BCUT2D eigenvalue weighted by Crippen LogP contribution is -2.18. The molecule has 0 atom stereocenters. The Bertz CT molecular complexity index is 364. The first kappa shape index (κ1) is 12.5. The summed E-state index contributed by atoms with van der Waals surface area (Å²) < 4.78 is 26.2. The van der Waals surface area contributed by atoms with Crippen LogP contribution in [0.4, 0.5) is 14.5 Å². The van der Waals surface area contributed by atoms with Gasteiger partial charge in [-0.1, -0.05) is 0 Å². The largest absolute Gasteiger partial charge is 0.390 e. The molecule has 1 N–H and O–H groups in total. The predicted molar refractivity (Wildman–Crippen MR) is 62.2 cm³/mol. The fourth-order valence-corrected chi connectivity index (χ4v) is 1.33. The molecule has 0 heterocycles. The van der Waals surface area contributed by atoms with Crippen molar-refractivity contribution in [2.75, 3.05) is 18.0 Å². The highest BCUT2D eigenvalue weighted by atomic mass is 19.1. The number of hydrogen-bond acceptors (Lipinski definition) is 2. The van der Waals surface area contributed by atoms with Gasteiger partial charge in [0, 0.05) is 31.6 Å². The molecule has 0 unspecified atom stereocenters. The van der Waals surface area contributed by atoms with Gasteiger partial charge in [0.2, 0.25) is 0 Å². The first-order chi connectivity index (χ1) is 7.69.